The van der Waals surface area contributed by atoms with Gasteiger partial charge in [0.05, 0.1) is 12.1 Å². The van der Waals surface area contributed by atoms with E-state index in [9.17, 15) is 9.59 Å². The summed E-state index contributed by atoms with van der Waals surface area (Å²) in [6.07, 6.45) is 5.67. The molecule has 3 rings (SSSR count). The number of carboxylic acids is 1. The van der Waals surface area contributed by atoms with Crippen molar-refractivity contribution in [3.63, 3.8) is 0 Å². The number of carbonyl (C=O) groups is 2. The Morgan fingerprint density at radius 3 is 2.50 bits per heavy atom. The maximum atomic E-state index is 12.4. The van der Waals surface area contributed by atoms with Crippen LogP contribution in [0.3, 0.4) is 0 Å². The molecule has 26 heavy (non-hydrogen) atoms. The van der Waals surface area contributed by atoms with Crippen LogP contribution in [-0.4, -0.2) is 22.0 Å². The van der Waals surface area contributed by atoms with Crippen molar-refractivity contribution in [2.24, 2.45) is 11.8 Å². The lowest BCUT2D eigenvalue weighted by molar-refractivity contribution is -0.143. The van der Waals surface area contributed by atoms with E-state index in [4.69, 9.17) is 9.84 Å². The number of pyridine rings is 1. The smallest absolute Gasteiger partial charge is 0.306 e. The third-order valence-electron chi connectivity index (χ3n) is 4.75. The lowest BCUT2D eigenvalue weighted by Gasteiger charge is -2.25. The molecule has 1 aromatic carbocycles. The molecule has 1 amide bonds. The molecular formula is C20H22N2O4. The SMILES string of the molecule is Cc1cc(NC(=O)C2CCC(C(=O)O)CC2)ccc1Oc1cccnc1. The molecule has 1 aliphatic carbocycles. The summed E-state index contributed by atoms with van der Waals surface area (Å²) >= 11 is 0. The highest BCUT2D eigenvalue weighted by molar-refractivity contribution is 5.92. The number of carboxylic acid groups (broad SMARTS) is 1. The number of hydrogen-bond donors (Lipinski definition) is 2. The van der Waals surface area contributed by atoms with Gasteiger partial charge in [-0.2, -0.15) is 0 Å². The molecule has 0 atom stereocenters. The van der Waals surface area contributed by atoms with Gasteiger partial charge in [-0.3, -0.25) is 14.6 Å². The number of anilines is 1. The molecule has 6 heteroatoms. The Morgan fingerprint density at radius 2 is 1.88 bits per heavy atom. The van der Waals surface area contributed by atoms with Crippen molar-refractivity contribution < 1.29 is 19.4 Å². The first-order valence-corrected chi connectivity index (χ1v) is 8.75. The van der Waals surface area contributed by atoms with Crippen LogP contribution in [0.25, 0.3) is 0 Å². The lowest BCUT2D eigenvalue weighted by Crippen LogP contribution is -2.29. The zero-order chi connectivity index (χ0) is 18.5. The quantitative estimate of drug-likeness (QED) is 0.847. The minimum absolute atomic E-state index is 0.0471. The van der Waals surface area contributed by atoms with Gasteiger partial charge in [0.15, 0.2) is 0 Å². The number of hydrogen-bond acceptors (Lipinski definition) is 4. The van der Waals surface area contributed by atoms with Gasteiger partial charge in [-0.05, 0) is 68.5 Å². The van der Waals surface area contributed by atoms with Crippen LogP contribution in [0, 0.1) is 18.8 Å². The van der Waals surface area contributed by atoms with Crippen molar-refractivity contribution in [1.29, 1.82) is 0 Å². The molecule has 1 heterocycles. The van der Waals surface area contributed by atoms with E-state index in [0.717, 1.165) is 5.56 Å². The highest BCUT2D eigenvalue weighted by Crippen LogP contribution is 2.31. The van der Waals surface area contributed by atoms with Gasteiger partial charge in [0.25, 0.3) is 0 Å². The number of ether oxygens (including phenoxy) is 1. The minimum atomic E-state index is -0.760. The molecule has 1 fully saturated rings. The zero-order valence-electron chi connectivity index (χ0n) is 14.6. The Hall–Kier alpha value is -2.89. The summed E-state index contributed by atoms with van der Waals surface area (Å²) in [5, 5.41) is 12.0. The van der Waals surface area contributed by atoms with Crippen LogP contribution < -0.4 is 10.1 Å². The molecular weight excluding hydrogens is 332 g/mol. The number of carbonyl (C=O) groups excluding carboxylic acids is 1. The topological polar surface area (TPSA) is 88.5 Å². The van der Waals surface area contributed by atoms with Gasteiger partial charge in [-0.1, -0.05) is 0 Å². The summed E-state index contributed by atoms with van der Waals surface area (Å²) < 4.78 is 5.79. The van der Waals surface area contributed by atoms with Gasteiger partial charge in [0.2, 0.25) is 5.91 Å². The molecule has 1 aromatic heterocycles. The Bertz CT molecular complexity index is 784. The van der Waals surface area contributed by atoms with E-state index in [1.807, 2.05) is 25.1 Å². The highest BCUT2D eigenvalue weighted by atomic mass is 16.5. The van der Waals surface area contributed by atoms with Crippen LogP contribution in [-0.2, 0) is 9.59 Å². The number of amides is 1. The number of nitrogens with one attached hydrogen (secondary N) is 1. The van der Waals surface area contributed by atoms with E-state index in [1.165, 1.54) is 0 Å². The fraction of sp³-hybridized carbons (Fsp3) is 0.350. The first-order valence-electron chi connectivity index (χ1n) is 8.75. The van der Waals surface area contributed by atoms with Gasteiger partial charge in [0.1, 0.15) is 11.5 Å². The molecule has 2 aromatic rings. The first-order chi connectivity index (χ1) is 12.5. The van der Waals surface area contributed by atoms with Crippen molar-refractivity contribution in [3.05, 3.63) is 48.3 Å². The van der Waals surface area contributed by atoms with E-state index in [2.05, 4.69) is 10.3 Å². The van der Waals surface area contributed by atoms with Crippen LogP contribution in [0.15, 0.2) is 42.7 Å². The van der Waals surface area contributed by atoms with Crippen molar-refractivity contribution >= 4 is 17.6 Å². The summed E-state index contributed by atoms with van der Waals surface area (Å²) in [4.78, 5) is 27.5. The molecule has 2 N–H and O–H groups in total. The van der Waals surface area contributed by atoms with E-state index in [-0.39, 0.29) is 17.7 Å². The third-order valence-corrected chi connectivity index (χ3v) is 4.75. The molecule has 1 aliphatic rings. The number of aryl methyl sites for hydroxylation is 1. The fourth-order valence-corrected chi connectivity index (χ4v) is 3.22. The Morgan fingerprint density at radius 1 is 1.15 bits per heavy atom. The summed E-state index contributed by atoms with van der Waals surface area (Å²) in [5.74, 6) is 0.112. The summed E-state index contributed by atoms with van der Waals surface area (Å²) in [6, 6.07) is 9.12. The van der Waals surface area contributed by atoms with Gasteiger partial charge < -0.3 is 15.2 Å². The maximum Gasteiger partial charge on any atom is 0.306 e. The number of aliphatic carboxylic acids is 1. The largest absolute Gasteiger partial charge is 0.481 e. The molecule has 0 bridgehead atoms. The lowest BCUT2D eigenvalue weighted by atomic mass is 9.81. The zero-order valence-corrected chi connectivity index (χ0v) is 14.6. The van der Waals surface area contributed by atoms with Crippen LogP contribution in [0.4, 0.5) is 5.69 Å². The highest BCUT2D eigenvalue weighted by Gasteiger charge is 2.29. The summed E-state index contributed by atoms with van der Waals surface area (Å²) in [7, 11) is 0. The monoisotopic (exact) mass is 354 g/mol. The molecule has 136 valence electrons. The number of nitrogens with zero attached hydrogens (tertiary/aromatic N) is 1. The number of benzene rings is 1. The molecule has 0 saturated heterocycles. The van der Waals surface area contributed by atoms with Crippen molar-refractivity contribution in [2.75, 3.05) is 5.32 Å². The van der Waals surface area contributed by atoms with Gasteiger partial charge in [0, 0.05) is 17.8 Å². The van der Waals surface area contributed by atoms with Gasteiger partial charge in [-0.15, -0.1) is 0 Å². The van der Waals surface area contributed by atoms with Crippen molar-refractivity contribution in [2.45, 2.75) is 32.6 Å². The Labute approximate surface area is 152 Å². The Kier molecular flexibility index (Phi) is 5.51. The van der Waals surface area contributed by atoms with Crippen LogP contribution in [0.1, 0.15) is 31.2 Å². The first kappa shape index (κ1) is 17.9. The van der Waals surface area contributed by atoms with Gasteiger partial charge in [-0.25, -0.2) is 0 Å². The van der Waals surface area contributed by atoms with Crippen LogP contribution in [0.5, 0.6) is 11.5 Å². The molecule has 6 nitrogen and oxygen atoms in total. The summed E-state index contributed by atoms with van der Waals surface area (Å²) in [5.41, 5.74) is 1.62. The van der Waals surface area contributed by atoms with Gasteiger partial charge >= 0.3 is 5.97 Å². The minimum Gasteiger partial charge on any atom is -0.481 e. The fourth-order valence-electron chi connectivity index (χ4n) is 3.22. The van der Waals surface area contributed by atoms with E-state index < -0.39 is 5.97 Å². The summed E-state index contributed by atoms with van der Waals surface area (Å²) in [6.45, 7) is 1.92. The second-order valence-electron chi connectivity index (χ2n) is 6.65. The standard InChI is InChI=1S/C20H22N2O4/c1-13-11-16(8-9-18(13)26-17-3-2-10-21-12-17)22-19(23)14-4-6-15(7-5-14)20(24)25/h2-3,8-12,14-15H,4-7H2,1H3,(H,22,23)(H,24,25). The molecule has 0 aliphatic heterocycles. The predicted molar refractivity (Wildman–Crippen MR) is 97.2 cm³/mol. The number of rotatable bonds is 5. The second-order valence-corrected chi connectivity index (χ2v) is 6.65. The Balaban J connectivity index is 1.59. The van der Waals surface area contributed by atoms with E-state index in [1.54, 1.807) is 24.5 Å². The molecule has 0 unspecified atom stereocenters. The second kappa shape index (κ2) is 7.99. The normalized spacial score (nSPS) is 19.6. The number of aromatic nitrogens is 1. The average Bonchev–Trinajstić information content (AvgIpc) is 2.65. The van der Waals surface area contributed by atoms with Crippen molar-refractivity contribution in [3.8, 4) is 11.5 Å². The predicted octanol–water partition coefficient (Wildman–Crippen LogP) is 4.01. The average molecular weight is 354 g/mol. The van der Waals surface area contributed by atoms with E-state index >= 15 is 0 Å². The van der Waals surface area contributed by atoms with Crippen LogP contribution >= 0.6 is 0 Å². The molecule has 0 spiro atoms. The van der Waals surface area contributed by atoms with Crippen molar-refractivity contribution in [1.82, 2.24) is 4.98 Å². The third kappa shape index (κ3) is 4.39. The van der Waals surface area contributed by atoms with Crippen LogP contribution in [0.2, 0.25) is 0 Å². The maximum absolute atomic E-state index is 12.4. The molecule has 0 radical (unpaired) electrons. The van der Waals surface area contributed by atoms with E-state index in [0.29, 0.717) is 42.9 Å². The molecule has 1 saturated carbocycles.